The second-order valence-corrected chi connectivity index (χ2v) is 5.44. The van der Waals surface area contributed by atoms with Crippen molar-refractivity contribution >= 4 is 28.5 Å². The fraction of sp³-hybridized carbons (Fsp3) is 0.462. The van der Waals surface area contributed by atoms with Gasteiger partial charge in [0.05, 0.1) is 23.4 Å². The van der Waals surface area contributed by atoms with Crippen LogP contribution in [-0.4, -0.2) is 43.7 Å². The molecular weight excluding hydrogens is 345 g/mol. The molecule has 0 aliphatic carbocycles. The van der Waals surface area contributed by atoms with Crippen LogP contribution in [0.4, 0.5) is 0 Å². The van der Waals surface area contributed by atoms with Crippen molar-refractivity contribution in [3.05, 3.63) is 27.3 Å². The van der Waals surface area contributed by atoms with Crippen molar-refractivity contribution in [3.8, 4) is 5.75 Å². The third-order valence-corrected chi connectivity index (χ3v) is 3.77. The first-order chi connectivity index (χ1) is 8.61. The lowest BCUT2D eigenvalue weighted by atomic mass is 10.1. The Bertz CT molecular complexity index is 450. The molecule has 1 aliphatic heterocycles. The minimum atomic E-state index is 0.0609. The number of carbonyl (C=O) groups is 1. The van der Waals surface area contributed by atoms with Crippen LogP contribution in [-0.2, 0) is 4.74 Å². The number of halogens is 1. The molecule has 0 bridgehead atoms. The first-order valence-electron chi connectivity index (χ1n) is 5.86. The lowest BCUT2D eigenvalue weighted by Crippen LogP contribution is -2.44. The number of morpholine rings is 1. The summed E-state index contributed by atoms with van der Waals surface area (Å²) >= 11 is 2.17. The minimum absolute atomic E-state index is 0.0609. The van der Waals surface area contributed by atoms with Gasteiger partial charge in [0.2, 0.25) is 0 Å². The van der Waals surface area contributed by atoms with Gasteiger partial charge in [0, 0.05) is 18.7 Å². The molecule has 0 radical (unpaired) electrons. The molecule has 0 aromatic heterocycles. The molecule has 0 saturated carbocycles. The highest BCUT2D eigenvalue weighted by Gasteiger charge is 2.22. The maximum Gasteiger partial charge on any atom is 0.254 e. The normalized spacial score (nSPS) is 19.7. The summed E-state index contributed by atoms with van der Waals surface area (Å²) in [6.07, 6.45) is 0.111. The Balaban J connectivity index is 2.15. The number of rotatable bonds is 2. The highest BCUT2D eigenvalue weighted by atomic mass is 127. The van der Waals surface area contributed by atoms with E-state index in [0.29, 0.717) is 25.3 Å². The van der Waals surface area contributed by atoms with E-state index >= 15 is 0 Å². The maximum atomic E-state index is 12.3. The smallest absolute Gasteiger partial charge is 0.254 e. The standard InChI is InChI=1S/C13H16INO3/c1-9-8-15(5-6-18-9)13(16)10-3-4-12(17-2)11(14)7-10/h3-4,7,9H,5-6,8H2,1-2H3/t9-/m1/s1. The van der Waals surface area contributed by atoms with Gasteiger partial charge in [-0.05, 0) is 47.7 Å². The molecule has 0 unspecified atom stereocenters. The average molecular weight is 361 g/mol. The Morgan fingerprint density at radius 2 is 2.33 bits per heavy atom. The first-order valence-corrected chi connectivity index (χ1v) is 6.94. The molecule has 1 saturated heterocycles. The molecule has 1 heterocycles. The monoisotopic (exact) mass is 361 g/mol. The van der Waals surface area contributed by atoms with Crippen LogP contribution in [0.5, 0.6) is 5.75 Å². The summed E-state index contributed by atoms with van der Waals surface area (Å²) in [4.78, 5) is 14.2. The minimum Gasteiger partial charge on any atom is -0.496 e. The predicted molar refractivity (Wildman–Crippen MR) is 77.0 cm³/mol. The van der Waals surface area contributed by atoms with E-state index in [9.17, 15) is 4.79 Å². The molecule has 1 aromatic carbocycles. The van der Waals surface area contributed by atoms with Crippen LogP contribution in [0.2, 0.25) is 0 Å². The lowest BCUT2D eigenvalue weighted by molar-refractivity contribution is -0.0124. The molecule has 98 valence electrons. The Labute approximate surface area is 120 Å². The van der Waals surface area contributed by atoms with Gasteiger partial charge >= 0.3 is 0 Å². The molecule has 0 spiro atoms. The van der Waals surface area contributed by atoms with E-state index in [1.54, 1.807) is 7.11 Å². The van der Waals surface area contributed by atoms with E-state index in [1.807, 2.05) is 30.0 Å². The lowest BCUT2D eigenvalue weighted by Gasteiger charge is -2.31. The van der Waals surface area contributed by atoms with Gasteiger partial charge in [0.1, 0.15) is 5.75 Å². The molecule has 4 nitrogen and oxygen atoms in total. The molecule has 1 amide bonds. The number of methoxy groups -OCH3 is 1. The average Bonchev–Trinajstić information content (AvgIpc) is 2.37. The summed E-state index contributed by atoms with van der Waals surface area (Å²) in [5.41, 5.74) is 0.703. The van der Waals surface area contributed by atoms with Gasteiger partial charge < -0.3 is 14.4 Å². The van der Waals surface area contributed by atoms with Crippen LogP contribution in [0, 0.1) is 3.57 Å². The van der Waals surface area contributed by atoms with Crippen molar-refractivity contribution in [3.63, 3.8) is 0 Å². The number of nitrogens with zero attached hydrogens (tertiary/aromatic N) is 1. The zero-order valence-corrected chi connectivity index (χ0v) is 12.6. The van der Waals surface area contributed by atoms with Gasteiger partial charge in [0.25, 0.3) is 5.91 Å². The molecule has 1 atom stereocenters. The van der Waals surface area contributed by atoms with E-state index in [2.05, 4.69) is 22.6 Å². The number of hydrogen-bond donors (Lipinski definition) is 0. The Hall–Kier alpha value is -0.820. The molecule has 18 heavy (non-hydrogen) atoms. The van der Waals surface area contributed by atoms with Gasteiger partial charge in [-0.15, -0.1) is 0 Å². The molecule has 5 heteroatoms. The number of benzene rings is 1. The molecule has 1 fully saturated rings. The summed E-state index contributed by atoms with van der Waals surface area (Å²) in [6, 6.07) is 5.50. The molecule has 1 aromatic rings. The van der Waals surface area contributed by atoms with Crippen LogP contribution in [0.3, 0.4) is 0 Å². The van der Waals surface area contributed by atoms with Crippen molar-refractivity contribution in [2.75, 3.05) is 26.8 Å². The Morgan fingerprint density at radius 1 is 1.56 bits per heavy atom. The summed E-state index contributed by atoms with van der Waals surface area (Å²) in [5.74, 6) is 0.855. The summed E-state index contributed by atoms with van der Waals surface area (Å²) < 4.78 is 11.6. The van der Waals surface area contributed by atoms with E-state index in [1.165, 1.54) is 0 Å². The number of amides is 1. The van der Waals surface area contributed by atoms with Gasteiger partial charge in [-0.3, -0.25) is 4.79 Å². The largest absolute Gasteiger partial charge is 0.496 e. The van der Waals surface area contributed by atoms with E-state index in [0.717, 1.165) is 9.32 Å². The summed E-state index contributed by atoms with van der Waals surface area (Å²) in [5, 5.41) is 0. The fourth-order valence-electron chi connectivity index (χ4n) is 1.98. The Kier molecular flexibility index (Phi) is 4.45. The topological polar surface area (TPSA) is 38.8 Å². The van der Waals surface area contributed by atoms with Gasteiger partial charge in [-0.25, -0.2) is 0 Å². The van der Waals surface area contributed by atoms with Crippen molar-refractivity contribution in [2.24, 2.45) is 0 Å². The number of carbonyl (C=O) groups excluding carboxylic acids is 1. The first kappa shape index (κ1) is 13.6. The third kappa shape index (κ3) is 2.95. The number of hydrogen-bond acceptors (Lipinski definition) is 3. The molecule has 0 N–H and O–H groups in total. The molecule has 2 rings (SSSR count). The van der Waals surface area contributed by atoms with Crippen LogP contribution in [0.25, 0.3) is 0 Å². The SMILES string of the molecule is COc1ccc(C(=O)N2CCO[C@H](C)C2)cc1I. The van der Waals surface area contributed by atoms with E-state index in [-0.39, 0.29) is 12.0 Å². The van der Waals surface area contributed by atoms with E-state index < -0.39 is 0 Å². The highest BCUT2D eigenvalue weighted by molar-refractivity contribution is 14.1. The van der Waals surface area contributed by atoms with Gasteiger partial charge in [-0.2, -0.15) is 0 Å². The highest BCUT2D eigenvalue weighted by Crippen LogP contribution is 2.22. The zero-order chi connectivity index (χ0) is 13.1. The van der Waals surface area contributed by atoms with E-state index in [4.69, 9.17) is 9.47 Å². The molecule has 1 aliphatic rings. The summed E-state index contributed by atoms with van der Waals surface area (Å²) in [7, 11) is 1.63. The van der Waals surface area contributed by atoms with Crippen molar-refractivity contribution in [2.45, 2.75) is 13.0 Å². The van der Waals surface area contributed by atoms with Crippen molar-refractivity contribution < 1.29 is 14.3 Å². The quantitative estimate of drug-likeness (QED) is 0.758. The van der Waals surface area contributed by atoms with Gasteiger partial charge in [-0.1, -0.05) is 0 Å². The predicted octanol–water partition coefficient (Wildman–Crippen LogP) is 2.16. The fourth-order valence-corrected chi connectivity index (χ4v) is 2.72. The second kappa shape index (κ2) is 5.88. The van der Waals surface area contributed by atoms with Crippen LogP contribution in [0.15, 0.2) is 18.2 Å². The van der Waals surface area contributed by atoms with Gasteiger partial charge in [0.15, 0.2) is 0 Å². The summed E-state index contributed by atoms with van der Waals surface area (Å²) in [6.45, 7) is 3.91. The molecular formula is C13H16INO3. The van der Waals surface area contributed by atoms with Crippen LogP contribution in [0.1, 0.15) is 17.3 Å². The van der Waals surface area contributed by atoms with Crippen molar-refractivity contribution in [1.29, 1.82) is 0 Å². The number of ether oxygens (including phenoxy) is 2. The zero-order valence-electron chi connectivity index (χ0n) is 10.5. The Morgan fingerprint density at radius 3 is 2.94 bits per heavy atom. The van der Waals surface area contributed by atoms with Crippen molar-refractivity contribution in [1.82, 2.24) is 4.90 Å². The third-order valence-electron chi connectivity index (χ3n) is 2.93. The maximum absolute atomic E-state index is 12.3. The van der Waals surface area contributed by atoms with Crippen LogP contribution >= 0.6 is 22.6 Å². The van der Waals surface area contributed by atoms with Crippen LogP contribution < -0.4 is 4.74 Å². The second-order valence-electron chi connectivity index (χ2n) is 4.28.